The van der Waals surface area contributed by atoms with Gasteiger partial charge in [0.15, 0.2) is 0 Å². The van der Waals surface area contributed by atoms with Crippen molar-refractivity contribution in [2.24, 2.45) is 0 Å². The van der Waals surface area contributed by atoms with E-state index in [4.69, 9.17) is 4.74 Å². The first-order valence-corrected chi connectivity index (χ1v) is 9.85. The van der Waals surface area contributed by atoms with E-state index in [-0.39, 0.29) is 18.0 Å². The number of benzene rings is 3. The Kier molecular flexibility index (Phi) is 5.17. The minimum Gasteiger partial charge on any atom is -0.454 e. The minimum absolute atomic E-state index is 0.181. The van der Waals surface area contributed by atoms with E-state index in [1.165, 1.54) is 0 Å². The van der Waals surface area contributed by atoms with Crippen molar-refractivity contribution < 1.29 is 14.3 Å². The first-order valence-electron chi connectivity index (χ1n) is 9.85. The normalized spacial score (nSPS) is 15.4. The molecule has 0 aliphatic carbocycles. The molecule has 3 aromatic carbocycles. The third kappa shape index (κ3) is 3.92. The second-order valence-electron chi connectivity index (χ2n) is 7.35. The Hall–Kier alpha value is -3.40. The van der Waals surface area contributed by atoms with Crippen LogP contribution in [0.25, 0.3) is 0 Å². The van der Waals surface area contributed by atoms with Crippen LogP contribution in [0.2, 0.25) is 0 Å². The lowest BCUT2D eigenvalue weighted by Crippen LogP contribution is -2.23. The summed E-state index contributed by atoms with van der Waals surface area (Å²) < 4.78 is 5.63. The van der Waals surface area contributed by atoms with E-state index in [9.17, 15) is 9.59 Å². The van der Waals surface area contributed by atoms with Crippen molar-refractivity contribution in [2.45, 2.75) is 32.8 Å². The molecule has 0 saturated carbocycles. The molecule has 0 aromatic heterocycles. The van der Waals surface area contributed by atoms with Gasteiger partial charge < -0.3 is 10.1 Å². The van der Waals surface area contributed by atoms with Gasteiger partial charge in [-0.05, 0) is 54.3 Å². The molecule has 3 aromatic rings. The van der Waals surface area contributed by atoms with E-state index in [2.05, 4.69) is 12.2 Å². The molecule has 1 unspecified atom stereocenters. The number of nitrogens with one attached hydrogen (secondary N) is 1. The molecular weight excluding hydrogens is 362 g/mol. The van der Waals surface area contributed by atoms with Crippen molar-refractivity contribution in [3.8, 4) is 0 Å². The van der Waals surface area contributed by atoms with Gasteiger partial charge in [0, 0.05) is 17.7 Å². The standard InChI is InChI=1S/C25H23NO3/c1-3-17-6-4-5-7-22(17)26-24(27)19-12-13-21-20(14-19)15-23(29-25(21)28)18-10-8-16(2)9-11-18/h4-14,23H,3,15H2,1-2H3,(H,26,27). The van der Waals surface area contributed by atoms with Crippen LogP contribution in [-0.4, -0.2) is 11.9 Å². The maximum absolute atomic E-state index is 12.8. The van der Waals surface area contributed by atoms with Crippen molar-refractivity contribution in [1.82, 2.24) is 0 Å². The fourth-order valence-electron chi connectivity index (χ4n) is 3.65. The van der Waals surface area contributed by atoms with Crippen LogP contribution in [0.5, 0.6) is 0 Å². The molecule has 1 atom stereocenters. The highest BCUT2D eigenvalue weighted by Crippen LogP contribution is 2.31. The highest BCUT2D eigenvalue weighted by molar-refractivity contribution is 6.05. The summed E-state index contributed by atoms with van der Waals surface area (Å²) in [6.07, 6.45) is 1.05. The average molecular weight is 385 g/mol. The molecule has 1 aliphatic heterocycles. The molecule has 0 radical (unpaired) electrons. The molecule has 0 bridgehead atoms. The van der Waals surface area contributed by atoms with Gasteiger partial charge in [-0.15, -0.1) is 0 Å². The Balaban J connectivity index is 1.59. The summed E-state index contributed by atoms with van der Waals surface area (Å²) in [7, 11) is 0. The Morgan fingerprint density at radius 3 is 2.59 bits per heavy atom. The number of hydrogen-bond donors (Lipinski definition) is 1. The Bertz CT molecular complexity index is 1070. The number of rotatable bonds is 4. The summed E-state index contributed by atoms with van der Waals surface area (Å²) in [6, 6.07) is 20.9. The van der Waals surface area contributed by atoms with Crippen LogP contribution in [0.1, 0.15) is 56.0 Å². The van der Waals surface area contributed by atoms with Gasteiger partial charge >= 0.3 is 5.97 Å². The predicted molar refractivity (Wildman–Crippen MR) is 113 cm³/mol. The lowest BCUT2D eigenvalue weighted by Gasteiger charge is -2.25. The summed E-state index contributed by atoms with van der Waals surface area (Å²) >= 11 is 0. The van der Waals surface area contributed by atoms with Crippen molar-refractivity contribution >= 4 is 17.6 Å². The zero-order chi connectivity index (χ0) is 20.4. The van der Waals surface area contributed by atoms with Crippen molar-refractivity contribution in [3.05, 3.63) is 100 Å². The number of fused-ring (bicyclic) bond motifs is 1. The molecule has 146 valence electrons. The third-order valence-electron chi connectivity index (χ3n) is 5.34. The summed E-state index contributed by atoms with van der Waals surface area (Å²) in [5, 5.41) is 2.99. The summed E-state index contributed by atoms with van der Waals surface area (Å²) in [4.78, 5) is 25.3. The molecule has 0 saturated heterocycles. The molecule has 1 heterocycles. The second-order valence-corrected chi connectivity index (χ2v) is 7.35. The first kappa shape index (κ1) is 18.9. The number of carbonyl (C=O) groups excluding carboxylic acids is 2. The van der Waals surface area contributed by atoms with E-state index in [0.717, 1.165) is 34.4 Å². The van der Waals surface area contributed by atoms with Crippen molar-refractivity contribution in [1.29, 1.82) is 0 Å². The largest absolute Gasteiger partial charge is 0.454 e. The molecule has 29 heavy (non-hydrogen) atoms. The number of carbonyl (C=O) groups is 2. The van der Waals surface area contributed by atoms with Gasteiger partial charge in [0.2, 0.25) is 0 Å². The number of amides is 1. The zero-order valence-corrected chi connectivity index (χ0v) is 16.6. The van der Waals surface area contributed by atoms with Gasteiger partial charge in [0.25, 0.3) is 5.91 Å². The Morgan fingerprint density at radius 1 is 1.07 bits per heavy atom. The molecule has 4 rings (SSSR count). The van der Waals surface area contributed by atoms with E-state index < -0.39 is 0 Å². The fraction of sp³-hybridized carbons (Fsp3) is 0.200. The molecular formula is C25H23NO3. The maximum Gasteiger partial charge on any atom is 0.339 e. The molecule has 1 amide bonds. The van der Waals surface area contributed by atoms with E-state index in [1.807, 2.05) is 55.5 Å². The quantitative estimate of drug-likeness (QED) is 0.623. The number of hydrogen-bond acceptors (Lipinski definition) is 3. The molecule has 0 fully saturated rings. The number of aryl methyl sites for hydroxylation is 2. The average Bonchev–Trinajstić information content (AvgIpc) is 2.74. The predicted octanol–water partition coefficient (Wildman–Crippen LogP) is 5.26. The second kappa shape index (κ2) is 7.92. The van der Waals surface area contributed by atoms with Crippen LogP contribution in [0.4, 0.5) is 5.69 Å². The highest BCUT2D eigenvalue weighted by Gasteiger charge is 2.28. The minimum atomic E-state index is -0.347. The smallest absolute Gasteiger partial charge is 0.339 e. The monoisotopic (exact) mass is 385 g/mol. The summed E-state index contributed by atoms with van der Waals surface area (Å²) in [5.74, 6) is -0.528. The summed E-state index contributed by atoms with van der Waals surface area (Å²) in [6.45, 7) is 4.08. The molecule has 4 heteroatoms. The number of para-hydroxylation sites is 1. The SMILES string of the molecule is CCc1ccccc1NC(=O)c1ccc2c(c1)CC(c1ccc(C)cc1)OC2=O. The Morgan fingerprint density at radius 2 is 1.83 bits per heavy atom. The Labute approximate surface area is 170 Å². The molecule has 1 aliphatic rings. The molecule has 0 spiro atoms. The van der Waals surface area contributed by atoms with Gasteiger partial charge in [-0.3, -0.25) is 4.79 Å². The number of esters is 1. The van der Waals surface area contributed by atoms with Crippen LogP contribution in [0.15, 0.2) is 66.7 Å². The van der Waals surface area contributed by atoms with Gasteiger partial charge in [-0.1, -0.05) is 55.0 Å². The zero-order valence-electron chi connectivity index (χ0n) is 16.6. The van der Waals surface area contributed by atoms with E-state index >= 15 is 0 Å². The maximum atomic E-state index is 12.8. The van der Waals surface area contributed by atoms with Crippen LogP contribution < -0.4 is 5.32 Å². The number of ether oxygens (including phenoxy) is 1. The van der Waals surface area contributed by atoms with E-state index in [0.29, 0.717) is 17.5 Å². The first-order chi connectivity index (χ1) is 14.0. The van der Waals surface area contributed by atoms with Gasteiger partial charge in [0.1, 0.15) is 6.10 Å². The number of cyclic esters (lactones) is 1. The lowest BCUT2D eigenvalue weighted by atomic mass is 9.92. The number of anilines is 1. The van der Waals surface area contributed by atoms with E-state index in [1.54, 1.807) is 18.2 Å². The topological polar surface area (TPSA) is 55.4 Å². The third-order valence-corrected chi connectivity index (χ3v) is 5.34. The summed E-state index contributed by atoms with van der Waals surface area (Å²) in [5.41, 5.74) is 5.91. The van der Waals surface area contributed by atoms with Gasteiger partial charge in [-0.2, -0.15) is 0 Å². The van der Waals surface area contributed by atoms with Crippen LogP contribution in [0.3, 0.4) is 0 Å². The van der Waals surface area contributed by atoms with Crippen LogP contribution >= 0.6 is 0 Å². The fourth-order valence-corrected chi connectivity index (χ4v) is 3.65. The van der Waals surface area contributed by atoms with Gasteiger partial charge in [-0.25, -0.2) is 4.79 Å². The van der Waals surface area contributed by atoms with Crippen LogP contribution in [-0.2, 0) is 17.6 Å². The lowest BCUT2D eigenvalue weighted by molar-refractivity contribution is 0.0252. The van der Waals surface area contributed by atoms with Gasteiger partial charge in [0.05, 0.1) is 5.56 Å². The van der Waals surface area contributed by atoms with Crippen molar-refractivity contribution in [3.63, 3.8) is 0 Å². The van der Waals surface area contributed by atoms with Crippen LogP contribution in [0, 0.1) is 6.92 Å². The van der Waals surface area contributed by atoms with Crippen molar-refractivity contribution in [2.75, 3.05) is 5.32 Å². The molecule has 4 nitrogen and oxygen atoms in total. The molecule has 1 N–H and O–H groups in total. The highest BCUT2D eigenvalue weighted by atomic mass is 16.5.